The van der Waals surface area contributed by atoms with Crippen LogP contribution in [0.3, 0.4) is 0 Å². The fourth-order valence-corrected chi connectivity index (χ4v) is 13.3. The maximum atomic E-state index is 11.0. The summed E-state index contributed by atoms with van der Waals surface area (Å²) >= 11 is 0. The summed E-state index contributed by atoms with van der Waals surface area (Å²) in [6, 6.07) is 0. The fourth-order valence-electron chi connectivity index (χ4n) is 2.81. The zero-order valence-corrected chi connectivity index (χ0v) is 12.4. The molecule has 0 rings (SSSR count). The van der Waals surface area contributed by atoms with Gasteiger partial charge in [-0.25, -0.2) is 8.42 Å². The van der Waals surface area contributed by atoms with Gasteiger partial charge in [0.1, 0.15) is 0 Å². The Kier molecular flexibility index (Phi) is 5.01. The first-order valence-electron chi connectivity index (χ1n) is 5.47. The number of hydrogen-bond acceptors (Lipinski definition) is 3. The maximum Gasteiger partial charge on any atom is 0.0920 e. The van der Waals surface area contributed by atoms with Gasteiger partial charge in [-0.15, -0.1) is 0 Å². The van der Waals surface area contributed by atoms with E-state index in [2.05, 4.69) is 41.5 Å². The van der Waals surface area contributed by atoms with Crippen molar-refractivity contribution in [2.75, 3.05) is 5.38 Å². The van der Waals surface area contributed by atoms with Crippen molar-refractivity contribution in [3.8, 4) is 0 Å². The van der Waals surface area contributed by atoms with Crippen LogP contribution < -0.4 is 0 Å². The third-order valence-corrected chi connectivity index (χ3v) is 13.5. The molecule has 0 heterocycles. The van der Waals surface area contributed by atoms with E-state index in [0.717, 1.165) is 0 Å². The quantitative estimate of drug-likeness (QED) is 0.557. The Balaban J connectivity index is 5.34. The molecule has 0 aromatic heterocycles. The molecule has 0 aliphatic rings. The van der Waals surface area contributed by atoms with E-state index in [9.17, 15) is 13.0 Å². The van der Waals surface area contributed by atoms with Gasteiger partial charge in [0, 0.05) is 5.38 Å². The Hall–Kier alpha value is 0.127. The lowest BCUT2D eigenvalue weighted by Gasteiger charge is -2.43. The molecule has 0 amide bonds. The van der Waals surface area contributed by atoms with E-state index in [1.54, 1.807) is 0 Å². The van der Waals surface area contributed by atoms with E-state index in [0.29, 0.717) is 16.6 Å². The molecule has 0 unspecified atom stereocenters. The van der Waals surface area contributed by atoms with Crippen LogP contribution in [0.1, 0.15) is 41.5 Å². The van der Waals surface area contributed by atoms with Gasteiger partial charge in [-0.3, -0.25) is 0 Å². The third-order valence-electron chi connectivity index (χ3n) is 3.65. The van der Waals surface area contributed by atoms with Gasteiger partial charge < -0.3 is 4.55 Å². The van der Waals surface area contributed by atoms with Crippen molar-refractivity contribution < 1.29 is 13.0 Å². The van der Waals surface area contributed by atoms with Crippen LogP contribution in [0.15, 0.2) is 0 Å². The molecule has 0 aromatic carbocycles. The molecule has 0 spiro atoms. The molecule has 0 saturated heterocycles. The maximum absolute atomic E-state index is 11.0. The summed E-state index contributed by atoms with van der Waals surface area (Å²) in [4.78, 5) is 0. The van der Waals surface area contributed by atoms with Crippen LogP contribution in [-0.4, -0.2) is 26.4 Å². The fraction of sp³-hybridized carbons (Fsp3) is 1.00. The zero-order valence-electron chi connectivity index (χ0n) is 10.6. The monoisotopic (exact) mass is 251 g/mol. The summed E-state index contributed by atoms with van der Waals surface area (Å²) in [6.07, 6.45) is 0. The normalized spacial score (nSPS) is 14.3. The molecule has 0 atom stereocenters. The van der Waals surface area contributed by atoms with Gasteiger partial charge in [0.05, 0.1) is 18.2 Å². The molecule has 0 N–H and O–H groups in total. The molecule has 0 aromatic rings. The summed E-state index contributed by atoms with van der Waals surface area (Å²) in [5.41, 5.74) is 0.962. The predicted molar refractivity (Wildman–Crippen MR) is 65.6 cm³/mol. The first-order chi connectivity index (χ1) is 6.54. The second-order valence-corrected chi connectivity index (χ2v) is 13.2. The summed E-state index contributed by atoms with van der Waals surface area (Å²) in [5, 5.41) is -0.118. The Labute approximate surface area is 95.0 Å². The van der Waals surface area contributed by atoms with E-state index >= 15 is 0 Å². The predicted octanol–water partition coefficient (Wildman–Crippen LogP) is 2.75. The van der Waals surface area contributed by atoms with Crippen molar-refractivity contribution >= 4 is 18.2 Å². The van der Waals surface area contributed by atoms with Gasteiger partial charge in [-0.1, -0.05) is 41.5 Å². The van der Waals surface area contributed by atoms with Crippen LogP contribution >= 0.6 is 0 Å². The van der Waals surface area contributed by atoms with Crippen LogP contribution in [0.2, 0.25) is 16.6 Å². The average Bonchev–Trinajstić information content (AvgIpc) is 1.96. The Morgan fingerprint density at radius 3 is 1.27 bits per heavy atom. The van der Waals surface area contributed by atoms with Crippen LogP contribution in [0, 0.1) is 0 Å². The van der Waals surface area contributed by atoms with Crippen molar-refractivity contribution in [2.24, 2.45) is 0 Å². The third kappa shape index (κ3) is 3.57. The molecular formula is C10H23O3SSi-. The number of hydrogen-bond donors (Lipinski definition) is 0. The van der Waals surface area contributed by atoms with Crippen LogP contribution in [0.4, 0.5) is 0 Å². The molecule has 0 aliphatic heterocycles. The Morgan fingerprint density at radius 2 is 1.20 bits per heavy atom. The summed E-state index contributed by atoms with van der Waals surface area (Å²) in [6.45, 7) is 12.3. The molecule has 5 heteroatoms. The Bertz CT molecular complexity index is 272. The van der Waals surface area contributed by atoms with Gasteiger partial charge in [0.2, 0.25) is 0 Å². The molecular weight excluding hydrogens is 228 g/mol. The van der Waals surface area contributed by atoms with E-state index in [4.69, 9.17) is 0 Å². The zero-order chi connectivity index (χ0) is 12.4. The minimum absolute atomic E-state index is 0.118. The first-order valence-corrected chi connectivity index (χ1v) is 9.49. The van der Waals surface area contributed by atoms with E-state index in [1.807, 2.05) is 0 Å². The van der Waals surface area contributed by atoms with Crippen molar-refractivity contribution in [3.63, 3.8) is 0 Å². The van der Waals surface area contributed by atoms with Crippen LogP contribution in [0.25, 0.3) is 0 Å². The minimum atomic E-state index is -4.11. The van der Waals surface area contributed by atoms with E-state index in [-0.39, 0.29) is 5.38 Å². The molecule has 15 heavy (non-hydrogen) atoms. The van der Waals surface area contributed by atoms with Crippen molar-refractivity contribution in [1.82, 2.24) is 0 Å². The van der Waals surface area contributed by atoms with Crippen molar-refractivity contribution in [2.45, 2.75) is 58.2 Å². The highest BCUT2D eigenvalue weighted by atomic mass is 32.2. The van der Waals surface area contributed by atoms with Gasteiger partial charge in [0.15, 0.2) is 0 Å². The van der Waals surface area contributed by atoms with E-state index in [1.165, 1.54) is 0 Å². The molecule has 0 fully saturated rings. The van der Waals surface area contributed by atoms with Gasteiger partial charge in [0.25, 0.3) is 0 Å². The van der Waals surface area contributed by atoms with Crippen molar-refractivity contribution in [3.05, 3.63) is 0 Å². The summed E-state index contributed by atoms with van der Waals surface area (Å²) < 4.78 is 33.1. The average molecular weight is 251 g/mol. The largest absolute Gasteiger partial charge is 0.748 e. The Morgan fingerprint density at radius 1 is 0.933 bits per heavy atom. The molecule has 0 saturated carbocycles. The summed E-state index contributed by atoms with van der Waals surface area (Å²) in [5.74, 6) is 0. The topological polar surface area (TPSA) is 57.2 Å². The molecule has 3 nitrogen and oxygen atoms in total. The highest BCUT2D eigenvalue weighted by molar-refractivity contribution is 7.87. The highest BCUT2D eigenvalue weighted by Gasteiger charge is 2.43. The number of rotatable bonds is 5. The second kappa shape index (κ2) is 4.97. The van der Waals surface area contributed by atoms with Gasteiger partial charge >= 0.3 is 0 Å². The summed E-state index contributed by atoms with van der Waals surface area (Å²) in [7, 11) is -6.17. The first kappa shape index (κ1) is 15.1. The molecule has 0 aliphatic carbocycles. The van der Waals surface area contributed by atoms with Crippen LogP contribution in [0.5, 0.6) is 0 Å². The van der Waals surface area contributed by atoms with Gasteiger partial charge in [-0.2, -0.15) is 0 Å². The lowest BCUT2D eigenvalue weighted by molar-refractivity contribution is 0.466. The standard InChI is InChI=1S/C10H24O3SSi/c1-8(2)15(9(3)4,10(5)6)7-14(11,12)13/h8-10H,7H2,1-6H3,(H,11,12,13)/p-1. The molecule has 92 valence electrons. The molecule has 0 bridgehead atoms. The second-order valence-electron chi connectivity index (χ2n) is 5.28. The molecule has 0 radical (unpaired) electrons. The smallest absolute Gasteiger partial charge is 0.0920 e. The lowest BCUT2D eigenvalue weighted by Crippen LogP contribution is -2.50. The van der Waals surface area contributed by atoms with Gasteiger partial charge in [-0.05, 0) is 16.6 Å². The minimum Gasteiger partial charge on any atom is -0.748 e. The SMILES string of the molecule is CC(C)[Si](CS(=O)(=O)[O-])(C(C)C)C(C)C. The van der Waals surface area contributed by atoms with E-state index < -0.39 is 18.2 Å². The highest BCUT2D eigenvalue weighted by Crippen LogP contribution is 2.41. The lowest BCUT2D eigenvalue weighted by atomic mass is 10.5. The van der Waals surface area contributed by atoms with Crippen molar-refractivity contribution in [1.29, 1.82) is 0 Å². The van der Waals surface area contributed by atoms with Crippen LogP contribution in [-0.2, 0) is 10.1 Å².